The van der Waals surface area contributed by atoms with Gasteiger partial charge in [-0.3, -0.25) is 14.7 Å². The first kappa shape index (κ1) is 14.5. The molecule has 0 amide bonds. The maximum atomic E-state index is 11.1. The highest BCUT2D eigenvalue weighted by Gasteiger charge is 2.41. The lowest BCUT2D eigenvalue weighted by Crippen LogP contribution is -2.50. The molecular weight excluding hydrogens is 262 g/mol. The summed E-state index contributed by atoms with van der Waals surface area (Å²) in [5.74, 6) is 0.208. The number of hydrogen-bond acceptors (Lipinski definition) is 6. The standard InChI is InChI=1S/C13H19N3O4/c1-19-10-3-5-15-9(11(10)20-2)7-16-6-4-13(14,8-16)12(17)18/h3,5H,4,6-8,14H2,1-2H3,(H,17,18). The van der Waals surface area contributed by atoms with Crippen LogP contribution in [0.25, 0.3) is 0 Å². The molecule has 1 fully saturated rings. The molecule has 0 saturated carbocycles. The normalized spacial score (nSPS) is 22.8. The average molecular weight is 281 g/mol. The van der Waals surface area contributed by atoms with E-state index >= 15 is 0 Å². The topological polar surface area (TPSA) is 97.9 Å². The summed E-state index contributed by atoms with van der Waals surface area (Å²) in [5.41, 5.74) is 5.39. The Morgan fingerprint density at radius 2 is 2.30 bits per heavy atom. The Hall–Kier alpha value is -1.86. The molecule has 1 unspecified atom stereocenters. The van der Waals surface area contributed by atoms with Crippen LogP contribution in [0.1, 0.15) is 12.1 Å². The molecule has 1 atom stereocenters. The van der Waals surface area contributed by atoms with Crippen LogP contribution in [0, 0.1) is 0 Å². The summed E-state index contributed by atoms with van der Waals surface area (Å²) in [4.78, 5) is 17.4. The number of nitrogens with zero attached hydrogens (tertiary/aromatic N) is 2. The number of likely N-dealkylation sites (tertiary alicyclic amines) is 1. The van der Waals surface area contributed by atoms with Gasteiger partial charge in [-0.2, -0.15) is 0 Å². The highest BCUT2D eigenvalue weighted by molar-refractivity contribution is 5.79. The van der Waals surface area contributed by atoms with Gasteiger partial charge in [0.2, 0.25) is 0 Å². The van der Waals surface area contributed by atoms with E-state index in [1.165, 1.54) is 0 Å². The number of rotatable bonds is 5. The van der Waals surface area contributed by atoms with Crippen molar-refractivity contribution in [3.05, 3.63) is 18.0 Å². The smallest absolute Gasteiger partial charge is 0.325 e. The van der Waals surface area contributed by atoms with Crippen molar-refractivity contribution in [3.8, 4) is 11.5 Å². The second-order valence-electron chi connectivity index (χ2n) is 4.92. The SMILES string of the molecule is COc1ccnc(CN2CCC(N)(C(=O)O)C2)c1OC. The molecule has 0 aromatic carbocycles. The number of aromatic nitrogens is 1. The van der Waals surface area contributed by atoms with Gasteiger partial charge in [0.25, 0.3) is 0 Å². The van der Waals surface area contributed by atoms with Crippen molar-refractivity contribution in [2.24, 2.45) is 5.73 Å². The molecule has 7 nitrogen and oxygen atoms in total. The summed E-state index contributed by atoms with van der Waals surface area (Å²) in [5, 5.41) is 9.13. The van der Waals surface area contributed by atoms with Crippen LogP contribution in [0.2, 0.25) is 0 Å². The van der Waals surface area contributed by atoms with E-state index < -0.39 is 11.5 Å². The number of methoxy groups -OCH3 is 2. The van der Waals surface area contributed by atoms with Gasteiger partial charge in [-0.1, -0.05) is 0 Å². The van der Waals surface area contributed by atoms with Crippen LogP contribution in [0.15, 0.2) is 12.3 Å². The molecule has 1 aliphatic rings. The van der Waals surface area contributed by atoms with Gasteiger partial charge in [-0.05, 0) is 6.42 Å². The van der Waals surface area contributed by atoms with E-state index in [0.29, 0.717) is 43.2 Å². The van der Waals surface area contributed by atoms with Crippen molar-refractivity contribution in [1.29, 1.82) is 0 Å². The van der Waals surface area contributed by atoms with Gasteiger partial charge in [0.1, 0.15) is 11.2 Å². The van der Waals surface area contributed by atoms with Gasteiger partial charge in [0.15, 0.2) is 11.5 Å². The first-order valence-electron chi connectivity index (χ1n) is 6.30. The maximum absolute atomic E-state index is 11.1. The summed E-state index contributed by atoms with van der Waals surface area (Å²) in [6.07, 6.45) is 2.06. The van der Waals surface area contributed by atoms with E-state index in [-0.39, 0.29) is 0 Å². The first-order chi connectivity index (χ1) is 9.50. The predicted molar refractivity (Wildman–Crippen MR) is 71.8 cm³/mol. The number of carboxylic acids is 1. The summed E-state index contributed by atoms with van der Waals surface area (Å²) in [6, 6.07) is 1.72. The number of carboxylic acid groups (broad SMARTS) is 1. The number of pyridine rings is 1. The van der Waals surface area contributed by atoms with Crippen molar-refractivity contribution >= 4 is 5.97 Å². The number of ether oxygens (including phenoxy) is 2. The molecule has 110 valence electrons. The fourth-order valence-corrected chi connectivity index (χ4v) is 2.40. The van der Waals surface area contributed by atoms with Crippen molar-refractivity contribution in [3.63, 3.8) is 0 Å². The summed E-state index contributed by atoms with van der Waals surface area (Å²) >= 11 is 0. The Balaban J connectivity index is 2.14. The highest BCUT2D eigenvalue weighted by Crippen LogP contribution is 2.31. The molecule has 2 rings (SSSR count). The van der Waals surface area contributed by atoms with E-state index in [9.17, 15) is 4.79 Å². The Labute approximate surface area is 117 Å². The number of hydrogen-bond donors (Lipinski definition) is 2. The molecular formula is C13H19N3O4. The number of carbonyl (C=O) groups is 1. The lowest BCUT2D eigenvalue weighted by Gasteiger charge is -2.20. The molecule has 1 aliphatic heterocycles. The summed E-state index contributed by atoms with van der Waals surface area (Å²) in [7, 11) is 3.12. The second kappa shape index (κ2) is 5.64. The largest absolute Gasteiger partial charge is 0.493 e. The van der Waals surface area contributed by atoms with Gasteiger partial charge in [0.05, 0.1) is 14.2 Å². The van der Waals surface area contributed by atoms with E-state index in [4.69, 9.17) is 20.3 Å². The van der Waals surface area contributed by atoms with Crippen LogP contribution >= 0.6 is 0 Å². The molecule has 0 bridgehead atoms. The molecule has 1 saturated heterocycles. The van der Waals surface area contributed by atoms with Crippen LogP contribution in [0.4, 0.5) is 0 Å². The zero-order valence-corrected chi connectivity index (χ0v) is 11.6. The molecule has 1 aromatic heterocycles. The van der Waals surface area contributed by atoms with Gasteiger partial charge in [-0.15, -0.1) is 0 Å². The van der Waals surface area contributed by atoms with Crippen LogP contribution in [0.3, 0.4) is 0 Å². The Kier molecular flexibility index (Phi) is 4.10. The summed E-state index contributed by atoms with van der Waals surface area (Å²) in [6.45, 7) is 1.39. The van der Waals surface area contributed by atoms with Crippen molar-refractivity contribution in [2.75, 3.05) is 27.3 Å². The highest BCUT2D eigenvalue weighted by atomic mass is 16.5. The predicted octanol–water partition coefficient (Wildman–Crippen LogP) is 0.0866. The van der Waals surface area contributed by atoms with Crippen molar-refractivity contribution in [2.45, 2.75) is 18.5 Å². The van der Waals surface area contributed by atoms with E-state index in [0.717, 1.165) is 0 Å². The van der Waals surface area contributed by atoms with Crippen molar-refractivity contribution < 1.29 is 19.4 Å². The zero-order chi connectivity index (χ0) is 14.8. The van der Waals surface area contributed by atoms with Crippen molar-refractivity contribution in [1.82, 2.24) is 9.88 Å². The fourth-order valence-electron chi connectivity index (χ4n) is 2.40. The van der Waals surface area contributed by atoms with Crippen LogP contribution in [-0.2, 0) is 11.3 Å². The molecule has 20 heavy (non-hydrogen) atoms. The minimum atomic E-state index is -1.17. The molecule has 3 N–H and O–H groups in total. The quantitative estimate of drug-likeness (QED) is 0.789. The fraction of sp³-hybridized carbons (Fsp3) is 0.538. The van der Waals surface area contributed by atoms with Gasteiger partial charge < -0.3 is 20.3 Å². The van der Waals surface area contributed by atoms with Gasteiger partial charge in [-0.25, -0.2) is 0 Å². The number of aliphatic carboxylic acids is 1. The lowest BCUT2D eigenvalue weighted by molar-refractivity contribution is -0.142. The third-order valence-corrected chi connectivity index (χ3v) is 3.55. The van der Waals surface area contributed by atoms with Crippen LogP contribution in [0.5, 0.6) is 11.5 Å². The molecule has 0 aliphatic carbocycles. The monoisotopic (exact) mass is 281 g/mol. The molecule has 0 spiro atoms. The molecule has 7 heteroatoms. The van der Waals surface area contributed by atoms with Gasteiger partial charge >= 0.3 is 5.97 Å². The zero-order valence-electron chi connectivity index (χ0n) is 11.6. The van der Waals surface area contributed by atoms with E-state index in [1.807, 2.05) is 4.90 Å². The Morgan fingerprint density at radius 3 is 2.85 bits per heavy atom. The minimum absolute atomic E-state index is 0.296. The summed E-state index contributed by atoms with van der Waals surface area (Å²) < 4.78 is 10.5. The second-order valence-corrected chi connectivity index (χ2v) is 4.92. The minimum Gasteiger partial charge on any atom is -0.493 e. The average Bonchev–Trinajstić information content (AvgIpc) is 2.81. The lowest BCUT2D eigenvalue weighted by atomic mass is 10.0. The van der Waals surface area contributed by atoms with Gasteiger partial charge in [0, 0.05) is 31.9 Å². The van der Waals surface area contributed by atoms with Crippen LogP contribution in [-0.4, -0.2) is 53.8 Å². The van der Waals surface area contributed by atoms with E-state index in [1.54, 1.807) is 26.5 Å². The Bertz CT molecular complexity index is 508. The molecule has 1 aromatic rings. The third-order valence-electron chi connectivity index (χ3n) is 3.55. The van der Waals surface area contributed by atoms with E-state index in [2.05, 4.69) is 4.98 Å². The molecule has 2 heterocycles. The van der Waals surface area contributed by atoms with Crippen LogP contribution < -0.4 is 15.2 Å². The molecule has 0 radical (unpaired) electrons. The Morgan fingerprint density at radius 1 is 1.55 bits per heavy atom. The third kappa shape index (κ3) is 2.68. The number of nitrogens with two attached hydrogens (primary N) is 1. The maximum Gasteiger partial charge on any atom is 0.325 e. The first-order valence-corrected chi connectivity index (χ1v) is 6.30.